The van der Waals surface area contributed by atoms with Gasteiger partial charge >= 0.3 is 0 Å². The van der Waals surface area contributed by atoms with Gasteiger partial charge < -0.3 is 4.90 Å². The molecule has 1 aromatic heterocycles. The van der Waals surface area contributed by atoms with Crippen molar-refractivity contribution in [1.82, 2.24) is 4.98 Å². The van der Waals surface area contributed by atoms with Gasteiger partial charge in [0.15, 0.2) is 0 Å². The van der Waals surface area contributed by atoms with Crippen molar-refractivity contribution in [3.63, 3.8) is 0 Å². The average Bonchev–Trinajstić information content (AvgIpc) is 2.70. The highest BCUT2D eigenvalue weighted by Gasteiger charge is 2.14. The van der Waals surface area contributed by atoms with Crippen molar-refractivity contribution in [3.8, 4) is 6.07 Å². The van der Waals surface area contributed by atoms with Gasteiger partial charge in [-0.3, -0.25) is 0 Å². The predicted molar refractivity (Wildman–Crippen MR) is 55.0 cm³/mol. The number of anilines is 1. The summed E-state index contributed by atoms with van der Waals surface area (Å²) in [5.41, 5.74) is 1.68. The normalized spacial score (nSPS) is 14.4. The topological polar surface area (TPSA) is 39.9 Å². The molecule has 2 heterocycles. The Morgan fingerprint density at radius 1 is 1.43 bits per heavy atom. The van der Waals surface area contributed by atoms with Gasteiger partial charge in [0.1, 0.15) is 11.9 Å². The van der Waals surface area contributed by atoms with Crippen LogP contribution in [-0.2, 0) is 0 Å². The predicted octanol–water partition coefficient (Wildman–Crippen LogP) is 1.64. The minimum atomic E-state index is 0.691. The first-order chi connectivity index (χ1) is 6.83. The molecule has 1 aromatic rings. The summed E-state index contributed by atoms with van der Waals surface area (Å²) in [5, 5.41) is 9.02. The van der Waals surface area contributed by atoms with E-state index in [0.29, 0.717) is 5.56 Å². The minimum Gasteiger partial charge on any atom is -0.348 e. The van der Waals surface area contributed by atoms with Gasteiger partial charge in [0, 0.05) is 19.3 Å². The number of aromatic nitrogens is 1. The number of hydrogen-bond donors (Lipinski definition) is 0. The molecule has 0 saturated heterocycles. The van der Waals surface area contributed by atoms with Crippen LogP contribution < -0.4 is 4.90 Å². The van der Waals surface area contributed by atoms with Gasteiger partial charge in [-0.2, -0.15) is 5.26 Å². The molecule has 0 atom stereocenters. The second kappa shape index (κ2) is 3.51. The van der Waals surface area contributed by atoms with Crippen molar-refractivity contribution in [1.29, 1.82) is 5.26 Å². The number of rotatable bonds is 1. The first-order valence-electron chi connectivity index (χ1n) is 4.58. The van der Waals surface area contributed by atoms with Crippen LogP contribution in [0.25, 0.3) is 0 Å². The summed E-state index contributed by atoms with van der Waals surface area (Å²) < 4.78 is 0. The molecule has 3 heteroatoms. The van der Waals surface area contributed by atoms with E-state index in [-0.39, 0.29) is 0 Å². The van der Waals surface area contributed by atoms with Gasteiger partial charge in [0.05, 0.1) is 5.56 Å². The van der Waals surface area contributed by atoms with Gasteiger partial charge in [-0.05, 0) is 18.6 Å². The van der Waals surface area contributed by atoms with Crippen molar-refractivity contribution in [2.45, 2.75) is 6.92 Å². The van der Waals surface area contributed by atoms with Crippen molar-refractivity contribution in [2.24, 2.45) is 0 Å². The Kier molecular flexibility index (Phi) is 2.19. The van der Waals surface area contributed by atoms with E-state index < -0.39 is 0 Å². The lowest BCUT2D eigenvalue weighted by Gasteiger charge is -2.18. The summed E-state index contributed by atoms with van der Waals surface area (Å²) in [5.74, 6) is 0.803. The molecule has 0 N–H and O–H groups in total. The fourth-order valence-corrected chi connectivity index (χ4v) is 1.57. The third-order valence-electron chi connectivity index (χ3n) is 2.37. The van der Waals surface area contributed by atoms with Gasteiger partial charge in [0.25, 0.3) is 0 Å². The molecule has 70 valence electrons. The summed E-state index contributed by atoms with van der Waals surface area (Å²) in [6.07, 6.45) is 5.93. The highest BCUT2D eigenvalue weighted by Crippen LogP contribution is 2.21. The largest absolute Gasteiger partial charge is 0.348 e. The van der Waals surface area contributed by atoms with Crippen molar-refractivity contribution in [2.75, 3.05) is 18.0 Å². The van der Waals surface area contributed by atoms with E-state index in [9.17, 15) is 0 Å². The fraction of sp³-hybridized carbons (Fsp3) is 0.273. The maximum absolute atomic E-state index is 9.02. The van der Waals surface area contributed by atoms with Crippen LogP contribution in [0.15, 0.2) is 24.4 Å². The monoisotopic (exact) mass is 185 g/mol. The van der Waals surface area contributed by atoms with E-state index in [1.54, 1.807) is 6.20 Å². The Balaban J connectivity index is 2.43. The van der Waals surface area contributed by atoms with E-state index >= 15 is 0 Å². The van der Waals surface area contributed by atoms with Crippen LogP contribution in [-0.4, -0.2) is 18.1 Å². The quantitative estimate of drug-likeness (QED) is 0.624. The van der Waals surface area contributed by atoms with Gasteiger partial charge in [0.2, 0.25) is 0 Å². The molecule has 0 amide bonds. The zero-order chi connectivity index (χ0) is 9.97. The third-order valence-corrected chi connectivity index (χ3v) is 2.37. The maximum atomic E-state index is 9.02. The van der Waals surface area contributed by atoms with Crippen LogP contribution in [0, 0.1) is 18.3 Å². The lowest BCUT2D eigenvalue weighted by molar-refractivity contribution is 0.961. The minimum absolute atomic E-state index is 0.691. The number of hydrogen-bond acceptors (Lipinski definition) is 3. The molecule has 0 aromatic carbocycles. The summed E-state index contributed by atoms with van der Waals surface area (Å²) in [4.78, 5) is 6.34. The van der Waals surface area contributed by atoms with Crippen LogP contribution in [0.4, 0.5) is 5.82 Å². The van der Waals surface area contributed by atoms with Crippen molar-refractivity contribution >= 4 is 5.82 Å². The SMILES string of the molecule is Cc1ccnc(N2CC=CC2)c1C#N. The average molecular weight is 185 g/mol. The second-order valence-electron chi connectivity index (χ2n) is 3.31. The smallest absolute Gasteiger partial charge is 0.147 e. The molecule has 14 heavy (non-hydrogen) atoms. The van der Waals surface area contributed by atoms with Crippen molar-refractivity contribution in [3.05, 3.63) is 35.5 Å². The lowest BCUT2D eigenvalue weighted by atomic mass is 10.1. The van der Waals surface area contributed by atoms with Gasteiger partial charge in [-0.15, -0.1) is 0 Å². The summed E-state index contributed by atoms with van der Waals surface area (Å²) >= 11 is 0. The Morgan fingerprint density at radius 3 is 2.79 bits per heavy atom. The molecule has 0 radical (unpaired) electrons. The van der Waals surface area contributed by atoms with E-state index in [4.69, 9.17) is 5.26 Å². The third kappa shape index (κ3) is 1.35. The Labute approximate surface area is 83.3 Å². The van der Waals surface area contributed by atoms with Crippen LogP contribution in [0.5, 0.6) is 0 Å². The fourth-order valence-electron chi connectivity index (χ4n) is 1.57. The second-order valence-corrected chi connectivity index (χ2v) is 3.31. The van der Waals surface area contributed by atoms with Crippen LogP contribution in [0.2, 0.25) is 0 Å². The number of pyridine rings is 1. The molecule has 0 fully saturated rings. The molecule has 0 aliphatic carbocycles. The Bertz CT molecular complexity index is 407. The highest BCUT2D eigenvalue weighted by molar-refractivity contribution is 5.58. The first-order valence-corrected chi connectivity index (χ1v) is 4.58. The number of nitrogens with zero attached hydrogens (tertiary/aromatic N) is 3. The van der Waals surface area contributed by atoms with Gasteiger partial charge in [-0.1, -0.05) is 12.2 Å². The summed E-state index contributed by atoms with van der Waals surface area (Å²) in [7, 11) is 0. The standard InChI is InChI=1S/C11H11N3/c1-9-4-5-13-11(10(9)8-12)14-6-2-3-7-14/h2-5H,6-7H2,1H3. The first kappa shape index (κ1) is 8.76. The van der Waals surface area contributed by atoms with E-state index in [1.807, 2.05) is 13.0 Å². The highest BCUT2D eigenvalue weighted by atomic mass is 15.2. The zero-order valence-electron chi connectivity index (χ0n) is 8.07. The van der Waals surface area contributed by atoms with E-state index in [1.165, 1.54) is 0 Å². The van der Waals surface area contributed by atoms with Crippen LogP contribution >= 0.6 is 0 Å². The maximum Gasteiger partial charge on any atom is 0.147 e. The summed E-state index contributed by atoms with van der Waals surface area (Å²) in [6, 6.07) is 4.08. The summed E-state index contributed by atoms with van der Waals surface area (Å²) in [6.45, 7) is 3.64. The molecule has 0 spiro atoms. The molecule has 3 nitrogen and oxygen atoms in total. The number of aryl methyl sites for hydroxylation is 1. The molecule has 0 unspecified atom stereocenters. The van der Waals surface area contributed by atoms with Gasteiger partial charge in [-0.25, -0.2) is 4.98 Å². The van der Waals surface area contributed by atoms with Crippen LogP contribution in [0.3, 0.4) is 0 Å². The lowest BCUT2D eigenvalue weighted by Crippen LogP contribution is -2.21. The molecule has 2 rings (SSSR count). The molecule has 0 bridgehead atoms. The van der Waals surface area contributed by atoms with E-state index in [2.05, 4.69) is 28.1 Å². The van der Waals surface area contributed by atoms with Crippen molar-refractivity contribution < 1.29 is 0 Å². The molecule has 1 aliphatic heterocycles. The molecular formula is C11H11N3. The molecule has 0 saturated carbocycles. The molecule has 1 aliphatic rings. The Hall–Kier alpha value is -1.82. The number of nitriles is 1. The van der Waals surface area contributed by atoms with E-state index in [0.717, 1.165) is 24.5 Å². The van der Waals surface area contributed by atoms with Crippen LogP contribution in [0.1, 0.15) is 11.1 Å². The Morgan fingerprint density at radius 2 is 2.14 bits per heavy atom. The zero-order valence-corrected chi connectivity index (χ0v) is 8.07. The molecular weight excluding hydrogens is 174 g/mol.